The van der Waals surface area contributed by atoms with Crippen LogP contribution in [0.5, 0.6) is 0 Å². The second-order valence-corrected chi connectivity index (χ2v) is 7.00. The maximum atomic E-state index is 12.3. The Bertz CT molecular complexity index is 1100. The molecule has 4 rings (SSSR count). The molecule has 4 aromatic rings. The SMILES string of the molecule is O=C(NCc1ccc(-c2ccc(Cl)cc2)o1)c1ccc(-c2ccc(Cl)cc2)o1. The van der Waals surface area contributed by atoms with Gasteiger partial charge in [-0.1, -0.05) is 23.2 Å². The van der Waals surface area contributed by atoms with Crippen LogP contribution in [0.2, 0.25) is 10.0 Å². The summed E-state index contributed by atoms with van der Waals surface area (Å²) >= 11 is 11.8. The van der Waals surface area contributed by atoms with Crippen LogP contribution in [0.25, 0.3) is 22.6 Å². The lowest BCUT2D eigenvalue weighted by atomic mass is 10.2. The van der Waals surface area contributed by atoms with E-state index in [0.29, 0.717) is 27.3 Å². The molecule has 0 saturated heterocycles. The third-order valence-corrected chi connectivity index (χ3v) is 4.68. The van der Waals surface area contributed by atoms with Crippen LogP contribution in [-0.2, 0) is 6.54 Å². The molecule has 0 radical (unpaired) electrons. The number of carbonyl (C=O) groups excluding carboxylic acids is 1. The van der Waals surface area contributed by atoms with E-state index in [-0.39, 0.29) is 18.2 Å². The smallest absolute Gasteiger partial charge is 0.287 e. The molecule has 0 aliphatic rings. The molecule has 2 aromatic heterocycles. The van der Waals surface area contributed by atoms with Gasteiger partial charge in [0.15, 0.2) is 5.76 Å². The van der Waals surface area contributed by atoms with Crippen molar-refractivity contribution in [3.8, 4) is 22.6 Å². The van der Waals surface area contributed by atoms with Crippen molar-refractivity contribution in [3.05, 3.63) is 94.4 Å². The Kier molecular flexibility index (Phi) is 5.24. The molecule has 0 atom stereocenters. The third-order valence-electron chi connectivity index (χ3n) is 4.17. The van der Waals surface area contributed by atoms with Gasteiger partial charge < -0.3 is 14.2 Å². The Morgan fingerprint density at radius 2 is 1.25 bits per heavy atom. The summed E-state index contributed by atoms with van der Waals surface area (Å²) in [4.78, 5) is 12.3. The number of nitrogens with one attached hydrogen (secondary N) is 1. The van der Waals surface area contributed by atoms with Gasteiger partial charge in [0.05, 0.1) is 6.54 Å². The van der Waals surface area contributed by atoms with Crippen molar-refractivity contribution in [2.45, 2.75) is 6.54 Å². The van der Waals surface area contributed by atoms with Crippen molar-refractivity contribution in [3.63, 3.8) is 0 Å². The van der Waals surface area contributed by atoms with Crippen LogP contribution in [0, 0.1) is 0 Å². The summed E-state index contributed by atoms with van der Waals surface area (Å²) in [5.41, 5.74) is 1.77. The second-order valence-electron chi connectivity index (χ2n) is 6.13. The Morgan fingerprint density at radius 3 is 1.86 bits per heavy atom. The largest absolute Gasteiger partial charge is 0.459 e. The summed E-state index contributed by atoms with van der Waals surface area (Å²) in [5, 5.41) is 4.10. The minimum absolute atomic E-state index is 0.231. The normalized spacial score (nSPS) is 10.8. The maximum Gasteiger partial charge on any atom is 0.287 e. The van der Waals surface area contributed by atoms with Crippen LogP contribution >= 0.6 is 23.2 Å². The van der Waals surface area contributed by atoms with Gasteiger partial charge in [-0.05, 0) is 72.8 Å². The number of halogens is 2. The van der Waals surface area contributed by atoms with E-state index in [2.05, 4.69) is 5.32 Å². The van der Waals surface area contributed by atoms with Crippen LogP contribution in [0.15, 0.2) is 81.6 Å². The number of carbonyl (C=O) groups is 1. The topological polar surface area (TPSA) is 55.4 Å². The van der Waals surface area contributed by atoms with Crippen LogP contribution < -0.4 is 5.32 Å². The van der Waals surface area contributed by atoms with Gasteiger partial charge in [-0.15, -0.1) is 0 Å². The molecule has 0 aliphatic heterocycles. The van der Waals surface area contributed by atoms with Gasteiger partial charge in [0.1, 0.15) is 17.3 Å². The summed E-state index contributed by atoms with van der Waals surface area (Å²) in [5.74, 6) is 1.87. The molecule has 0 aliphatic carbocycles. The Morgan fingerprint density at radius 1 is 0.714 bits per heavy atom. The van der Waals surface area contributed by atoms with E-state index < -0.39 is 0 Å². The summed E-state index contributed by atoms with van der Waals surface area (Å²) < 4.78 is 11.4. The first-order valence-electron chi connectivity index (χ1n) is 8.57. The highest BCUT2D eigenvalue weighted by molar-refractivity contribution is 6.30. The summed E-state index contributed by atoms with van der Waals surface area (Å²) in [6, 6.07) is 21.7. The zero-order valence-electron chi connectivity index (χ0n) is 14.6. The number of amides is 1. The van der Waals surface area contributed by atoms with Crippen LogP contribution in [0.4, 0.5) is 0 Å². The maximum absolute atomic E-state index is 12.3. The molecule has 0 saturated carbocycles. The molecule has 0 fully saturated rings. The van der Waals surface area contributed by atoms with E-state index in [9.17, 15) is 4.79 Å². The molecule has 0 bridgehead atoms. The van der Waals surface area contributed by atoms with Crippen molar-refractivity contribution < 1.29 is 13.6 Å². The Balaban J connectivity index is 1.40. The number of benzene rings is 2. The van der Waals surface area contributed by atoms with Gasteiger partial charge in [-0.2, -0.15) is 0 Å². The van der Waals surface area contributed by atoms with Gasteiger partial charge in [-0.25, -0.2) is 0 Å². The fourth-order valence-corrected chi connectivity index (χ4v) is 2.98. The van der Waals surface area contributed by atoms with Gasteiger partial charge in [0, 0.05) is 21.2 Å². The minimum Gasteiger partial charge on any atom is -0.459 e. The lowest BCUT2D eigenvalue weighted by Gasteiger charge is -2.02. The average Bonchev–Trinajstić information content (AvgIpc) is 3.37. The molecule has 1 N–H and O–H groups in total. The monoisotopic (exact) mass is 411 g/mol. The van der Waals surface area contributed by atoms with Crippen molar-refractivity contribution in [1.82, 2.24) is 5.32 Å². The Hall–Kier alpha value is -2.95. The molecule has 28 heavy (non-hydrogen) atoms. The highest BCUT2D eigenvalue weighted by atomic mass is 35.5. The standard InChI is InChI=1S/C22H15Cl2NO3/c23-16-5-1-14(2-6-16)19-10-9-18(27-19)13-25-22(26)21-12-11-20(28-21)15-3-7-17(24)8-4-15/h1-12H,13H2,(H,25,26). The molecular formula is C22H15Cl2NO3. The third kappa shape index (κ3) is 4.14. The molecular weight excluding hydrogens is 397 g/mol. The fourth-order valence-electron chi connectivity index (χ4n) is 2.73. The molecule has 0 unspecified atom stereocenters. The van der Waals surface area contributed by atoms with Gasteiger partial charge in [0.25, 0.3) is 5.91 Å². The van der Waals surface area contributed by atoms with Gasteiger partial charge in [-0.3, -0.25) is 4.79 Å². The second kappa shape index (κ2) is 7.97. The number of hydrogen-bond acceptors (Lipinski definition) is 3. The first-order chi connectivity index (χ1) is 13.6. The molecule has 0 spiro atoms. The van der Waals surface area contributed by atoms with E-state index in [0.717, 1.165) is 11.1 Å². The zero-order valence-corrected chi connectivity index (χ0v) is 16.1. The first-order valence-corrected chi connectivity index (χ1v) is 9.33. The van der Waals surface area contributed by atoms with E-state index in [1.807, 2.05) is 36.4 Å². The van der Waals surface area contributed by atoms with E-state index in [1.165, 1.54) is 0 Å². The van der Waals surface area contributed by atoms with E-state index >= 15 is 0 Å². The van der Waals surface area contributed by atoms with Crippen molar-refractivity contribution in [2.24, 2.45) is 0 Å². The van der Waals surface area contributed by atoms with Crippen LogP contribution in [0.1, 0.15) is 16.3 Å². The quantitative estimate of drug-likeness (QED) is 0.410. The molecule has 1 amide bonds. The van der Waals surface area contributed by atoms with Crippen LogP contribution in [-0.4, -0.2) is 5.91 Å². The fraction of sp³-hybridized carbons (Fsp3) is 0.0455. The first kappa shape index (κ1) is 18.4. The molecule has 6 heteroatoms. The number of furan rings is 2. The molecule has 2 aromatic carbocycles. The zero-order chi connectivity index (χ0) is 19.5. The summed E-state index contributed by atoms with van der Waals surface area (Å²) in [6.45, 7) is 0.253. The highest BCUT2D eigenvalue weighted by Crippen LogP contribution is 2.25. The average molecular weight is 412 g/mol. The van der Waals surface area contributed by atoms with Crippen molar-refractivity contribution in [2.75, 3.05) is 0 Å². The number of rotatable bonds is 5. The minimum atomic E-state index is -0.315. The predicted molar refractivity (Wildman–Crippen MR) is 109 cm³/mol. The van der Waals surface area contributed by atoms with E-state index in [4.69, 9.17) is 32.0 Å². The van der Waals surface area contributed by atoms with Crippen LogP contribution in [0.3, 0.4) is 0 Å². The van der Waals surface area contributed by atoms with Gasteiger partial charge >= 0.3 is 0 Å². The highest BCUT2D eigenvalue weighted by Gasteiger charge is 2.13. The molecule has 2 heterocycles. The van der Waals surface area contributed by atoms with Crippen molar-refractivity contribution in [1.29, 1.82) is 0 Å². The van der Waals surface area contributed by atoms with Gasteiger partial charge in [0.2, 0.25) is 0 Å². The van der Waals surface area contributed by atoms with Crippen molar-refractivity contribution >= 4 is 29.1 Å². The number of hydrogen-bond donors (Lipinski definition) is 1. The molecule has 140 valence electrons. The molecule has 4 nitrogen and oxygen atoms in total. The summed E-state index contributed by atoms with van der Waals surface area (Å²) in [7, 11) is 0. The lowest BCUT2D eigenvalue weighted by molar-refractivity contribution is 0.0921. The Labute approximate surface area is 171 Å². The van der Waals surface area contributed by atoms with E-state index in [1.54, 1.807) is 36.4 Å². The summed E-state index contributed by atoms with van der Waals surface area (Å²) in [6.07, 6.45) is 0. The predicted octanol–water partition coefficient (Wildman–Crippen LogP) is 6.44. The lowest BCUT2D eigenvalue weighted by Crippen LogP contribution is -2.21.